The van der Waals surface area contributed by atoms with E-state index in [1.165, 1.54) is 10.9 Å². The fraction of sp³-hybridized carbons (Fsp3) is 0.379. The highest BCUT2D eigenvalue weighted by Gasteiger charge is 2.30. The molecule has 188 valence electrons. The maximum absolute atomic E-state index is 13.7. The van der Waals surface area contributed by atoms with Gasteiger partial charge in [-0.25, -0.2) is 4.79 Å². The van der Waals surface area contributed by atoms with E-state index in [-0.39, 0.29) is 11.9 Å². The molecule has 0 bridgehead atoms. The van der Waals surface area contributed by atoms with Crippen LogP contribution in [0.25, 0.3) is 21.8 Å². The molecular weight excluding hydrogens is 452 g/mol. The van der Waals surface area contributed by atoms with Crippen LogP contribution in [0.5, 0.6) is 0 Å². The van der Waals surface area contributed by atoms with Crippen LogP contribution >= 0.6 is 0 Å². The molecule has 2 aromatic carbocycles. The van der Waals surface area contributed by atoms with E-state index in [0.29, 0.717) is 6.42 Å². The largest absolute Gasteiger partial charge is 0.444 e. The SMILES string of the molecule is Cn1cc(C[C@H](NC(=O)OC(C)(C)C)C(=O)NC2CCCc3c2[nH]c2ccccc32)c2ccccc21. The molecule has 0 fully saturated rings. The molecule has 0 aliphatic heterocycles. The van der Waals surface area contributed by atoms with Crippen LogP contribution in [0, 0.1) is 0 Å². The second kappa shape index (κ2) is 9.37. The van der Waals surface area contributed by atoms with Crippen molar-refractivity contribution in [3.05, 3.63) is 71.5 Å². The van der Waals surface area contributed by atoms with Crippen molar-refractivity contribution in [3.63, 3.8) is 0 Å². The van der Waals surface area contributed by atoms with Gasteiger partial charge in [-0.1, -0.05) is 36.4 Å². The van der Waals surface area contributed by atoms with Gasteiger partial charge in [0.05, 0.1) is 6.04 Å². The Morgan fingerprint density at radius 1 is 1.11 bits per heavy atom. The number of aryl methyl sites for hydroxylation is 2. The Kier molecular flexibility index (Phi) is 6.24. The Morgan fingerprint density at radius 2 is 1.83 bits per heavy atom. The minimum Gasteiger partial charge on any atom is -0.444 e. The Bertz CT molecular complexity index is 1430. The van der Waals surface area contributed by atoms with Crippen LogP contribution in [0.4, 0.5) is 4.79 Å². The van der Waals surface area contributed by atoms with Crippen LogP contribution in [-0.2, 0) is 29.4 Å². The Balaban J connectivity index is 1.42. The smallest absolute Gasteiger partial charge is 0.408 e. The summed E-state index contributed by atoms with van der Waals surface area (Å²) in [5.74, 6) is -0.217. The number of nitrogens with one attached hydrogen (secondary N) is 3. The van der Waals surface area contributed by atoms with Crippen LogP contribution < -0.4 is 10.6 Å². The zero-order valence-electron chi connectivity index (χ0n) is 21.4. The monoisotopic (exact) mass is 486 g/mol. The number of ether oxygens (including phenoxy) is 1. The molecule has 36 heavy (non-hydrogen) atoms. The van der Waals surface area contributed by atoms with Crippen LogP contribution in [0.2, 0.25) is 0 Å². The van der Waals surface area contributed by atoms with Crippen molar-refractivity contribution >= 4 is 33.8 Å². The van der Waals surface area contributed by atoms with E-state index >= 15 is 0 Å². The number of amides is 2. The molecule has 4 aromatic rings. The van der Waals surface area contributed by atoms with Gasteiger partial charge in [-0.05, 0) is 63.3 Å². The minimum absolute atomic E-state index is 0.135. The van der Waals surface area contributed by atoms with Crippen molar-refractivity contribution in [3.8, 4) is 0 Å². The molecule has 3 N–H and O–H groups in total. The molecule has 0 spiro atoms. The number of benzene rings is 2. The van der Waals surface area contributed by atoms with Crippen molar-refractivity contribution in [2.45, 2.75) is 64.1 Å². The molecule has 1 aliphatic rings. The first-order valence-electron chi connectivity index (χ1n) is 12.6. The average Bonchev–Trinajstić information content (AvgIpc) is 3.36. The van der Waals surface area contributed by atoms with Gasteiger partial charge in [0.2, 0.25) is 5.91 Å². The lowest BCUT2D eigenvalue weighted by Crippen LogP contribution is -2.50. The molecule has 5 rings (SSSR count). The maximum Gasteiger partial charge on any atom is 0.408 e. The van der Waals surface area contributed by atoms with Crippen molar-refractivity contribution < 1.29 is 14.3 Å². The molecule has 0 radical (unpaired) electrons. The van der Waals surface area contributed by atoms with Crippen LogP contribution in [0.3, 0.4) is 0 Å². The Morgan fingerprint density at radius 3 is 2.61 bits per heavy atom. The summed E-state index contributed by atoms with van der Waals surface area (Å²) < 4.78 is 7.54. The number of hydrogen-bond donors (Lipinski definition) is 3. The van der Waals surface area contributed by atoms with E-state index in [2.05, 4.69) is 33.8 Å². The summed E-state index contributed by atoms with van der Waals surface area (Å²) in [5, 5.41) is 8.36. The molecule has 7 heteroatoms. The third-order valence-electron chi connectivity index (χ3n) is 6.84. The molecule has 0 saturated carbocycles. The lowest BCUT2D eigenvalue weighted by Gasteiger charge is -2.27. The van der Waals surface area contributed by atoms with Crippen molar-refractivity contribution in [2.75, 3.05) is 0 Å². The highest BCUT2D eigenvalue weighted by Crippen LogP contribution is 2.34. The number of aromatic nitrogens is 2. The number of fused-ring (bicyclic) bond motifs is 4. The maximum atomic E-state index is 13.7. The van der Waals surface area contributed by atoms with Gasteiger partial charge in [0, 0.05) is 47.2 Å². The number of carbonyl (C=O) groups excluding carboxylic acids is 2. The van der Waals surface area contributed by atoms with Gasteiger partial charge >= 0.3 is 6.09 Å². The highest BCUT2D eigenvalue weighted by molar-refractivity contribution is 5.90. The standard InChI is InChI=1S/C29H34N4O3/c1-29(2,3)36-28(35)32-24(16-18-17-33(4)25-15-8-6-10-19(18)25)27(34)31-23-14-9-12-21-20-11-5-7-13-22(20)30-26(21)23/h5-8,10-11,13,15,17,23-24,30H,9,12,14,16H2,1-4H3,(H,31,34)(H,32,35)/t23?,24-/m0/s1. The van der Waals surface area contributed by atoms with Gasteiger partial charge in [-0.2, -0.15) is 0 Å². The molecule has 2 atom stereocenters. The molecule has 1 unspecified atom stereocenters. The Hall–Kier alpha value is -3.74. The average molecular weight is 487 g/mol. The van der Waals surface area contributed by atoms with Gasteiger partial charge in [0.25, 0.3) is 0 Å². The summed E-state index contributed by atoms with van der Waals surface area (Å²) >= 11 is 0. The topological polar surface area (TPSA) is 88.2 Å². The quantitative estimate of drug-likeness (QED) is 0.358. The van der Waals surface area contributed by atoms with Crippen molar-refractivity contribution in [2.24, 2.45) is 7.05 Å². The first-order valence-corrected chi connectivity index (χ1v) is 12.6. The summed E-state index contributed by atoms with van der Waals surface area (Å²) in [6, 6.07) is 15.4. The Labute approximate surface area is 211 Å². The lowest BCUT2D eigenvalue weighted by atomic mass is 9.91. The van der Waals surface area contributed by atoms with Gasteiger partial charge in [-0.3, -0.25) is 4.79 Å². The summed E-state index contributed by atoms with van der Waals surface area (Å²) in [6.07, 6.45) is 4.61. The number of nitrogens with zero attached hydrogens (tertiary/aromatic N) is 1. The highest BCUT2D eigenvalue weighted by atomic mass is 16.6. The second-order valence-electron chi connectivity index (χ2n) is 10.7. The summed E-state index contributed by atoms with van der Waals surface area (Å²) in [5.41, 5.74) is 4.85. The van der Waals surface area contributed by atoms with Crippen molar-refractivity contribution in [1.82, 2.24) is 20.2 Å². The predicted octanol–water partition coefficient (Wildman–Crippen LogP) is 5.29. The number of rotatable bonds is 5. The fourth-order valence-electron chi connectivity index (χ4n) is 5.30. The molecule has 2 heterocycles. The molecule has 2 amide bonds. The van der Waals surface area contributed by atoms with Crippen LogP contribution in [-0.4, -0.2) is 33.2 Å². The van der Waals surface area contributed by atoms with Crippen LogP contribution in [0.1, 0.15) is 56.5 Å². The molecule has 2 aromatic heterocycles. The number of alkyl carbamates (subject to hydrolysis) is 1. The van der Waals surface area contributed by atoms with E-state index in [9.17, 15) is 9.59 Å². The third kappa shape index (κ3) is 4.83. The van der Waals surface area contributed by atoms with Crippen molar-refractivity contribution in [1.29, 1.82) is 0 Å². The first kappa shape index (κ1) is 24.0. The molecular formula is C29H34N4O3. The third-order valence-corrected chi connectivity index (χ3v) is 6.84. The van der Waals surface area contributed by atoms with Gasteiger partial charge in [0.15, 0.2) is 0 Å². The normalized spacial score (nSPS) is 16.5. The minimum atomic E-state index is -0.777. The number of hydrogen-bond acceptors (Lipinski definition) is 3. The first-order chi connectivity index (χ1) is 17.2. The van der Waals surface area contributed by atoms with E-state index in [4.69, 9.17) is 4.74 Å². The second-order valence-corrected chi connectivity index (χ2v) is 10.7. The number of H-pyrrole nitrogens is 1. The summed E-state index contributed by atoms with van der Waals surface area (Å²) in [6.45, 7) is 5.43. The zero-order valence-corrected chi connectivity index (χ0v) is 21.4. The summed E-state index contributed by atoms with van der Waals surface area (Å²) in [4.78, 5) is 29.9. The predicted molar refractivity (Wildman–Crippen MR) is 142 cm³/mol. The lowest BCUT2D eigenvalue weighted by molar-refractivity contribution is -0.124. The van der Waals surface area contributed by atoms with E-state index in [0.717, 1.165) is 46.9 Å². The summed E-state index contributed by atoms with van der Waals surface area (Å²) in [7, 11) is 1.99. The van der Waals surface area contributed by atoms with Gasteiger partial charge < -0.3 is 24.9 Å². The number of carbonyl (C=O) groups is 2. The molecule has 1 aliphatic carbocycles. The number of para-hydroxylation sites is 2. The van der Waals surface area contributed by atoms with Crippen LogP contribution in [0.15, 0.2) is 54.7 Å². The zero-order chi connectivity index (χ0) is 25.4. The molecule has 7 nitrogen and oxygen atoms in total. The fourth-order valence-corrected chi connectivity index (χ4v) is 5.30. The number of aromatic amines is 1. The molecule has 0 saturated heterocycles. The van der Waals surface area contributed by atoms with E-state index < -0.39 is 17.7 Å². The van der Waals surface area contributed by atoms with Gasteiger partial charge in [-0.15, -0.1) is 0 Å². The van der Waals surface area contributed by atoms with Gasteiger partial charge in [0.1, 0.15) is 11.6 Å². The van der Waals surface area contributed by atoms with E-state index in [1.807, 2.05) is 68.9 Å². The van der Waals surface area contributed by atoms with E-state index in [1.54, 1.807) is 0 Å².